The van der Waals surface area contributed by atoms with Crippen LogP contribution >= 0.6 is 11.6 Å². The lowest BCUT2D eigenvalue weighted by molar-refractivity contribution is 0.162. The van der Waals surface area contributed by atoms with E-state index in [1.807, 2.05) is 0 Å². The monoisotopic (exact) mass is 267 g/mol. The highest BCUT2D eigenvalue weighted by Crippen LogP contribution is 2.27. The molecule has 0 radical (unpaired) electrons. The third-order valence-electron chi connectivity index (χ3n) is 2.53. The number of methoxy groups -OCH3 is 1. The lowest BCUT2D eigenvalue weighted by atomic mass is 10.2. The van der Waals surface area contributed by atoms with Gasteiger partial charge in [0.1, 0.15) is 17.6 Å². The van der Waals surface area contributed by atoms with Gasteiger partial charge in [-0.1, -0.05) is 11.6 Å². The van der Waals surface area contributed by atoms with Gasteiger partial charge in [-0.2, -0.15) is 0 Å². The number of halogens is 1. The highest BCUT2D eigenvalue weighted by molar-refractivity contribution is 6.33. The van der Waals surface area contributed by atoms with Crippen LogP contribution in [0.1, 0.15) is 11.9 Å². The lowest BCUT2D eigenvalue weighted by Crippen LogP contribution is -2.11. The number of furan rings is 1. The van der Waals surface area contributed by atoms with Gasteiger partial charge in [0.25, 0.3) is 0 Å². The van der Waals surface area contributed by atoms with Crippen LogP contribution in [0.2, 0.25) is 5.02 Å². The molecule has 0 spiro atoms. The van der Waals surface area contributed by atoms with Crippen molar-refractivity contribution < 1.29 is 14.3 Å². The molecule has 0 saturated carbocycles. The molecule has 0 bridgehead atoms. The Balaban J connectivity index is 2.01. The number of anilines is 1. The van der Waals surface area contributed by atoms with Crippen molar-refractivity contribution in [1.29, 1.82) is 0 Å². The van der Waals surface area contributed by atoms with Gasteiger partial charge in [0.2, 0.25) is 0 Å². The van der Waals surface area contributed by atoms with Crippen LogP contribution in [0.5, 0.6) is 5.75 Å². The summed E-state index contributed by atoms with van der Waals surface area (Å²) in [4.78, 5) is 0. The lowest BCUT2D eigenvalue weighted by Gasteiger charge is -2.12. The van der Waals surface area contributed by atoms with Crippen LogP contribution in [0, 0.1) is 0 Å². The molecule has 1 unspecified atom stereocenters. The van der Waals surface area contributed by atoms with Crippen molar-refractivity contribution in [2.45, 2.75) is 6.10 Å². The highest BCUT2D eigenvalue weighted by atomic mass is 35.5. The molecular weight excluding hydrogens is 254 g/mol. The number of hydrogen-bond donors (Lipinski definition) is 2. The summed E-state index contributed by atoms with van der Waals surface area (Å²) in [6.45, 7) is 0.306. The fourth-order valence-electron chi connectivity index (χ4n) is 1.55. The minimum atomic E-state index is -0.720. The van der Waals surface area contributed by atoms with Crippen LogP contribution in [0.4, 0.5) is 5.69 Å². The Hall–Kier alpha value is -1.65. The Bertz CT molecular complexity index is 499. The van der Waals surface area contributed by atoms with Crippen molar-refractivity contribution >= 4 is 17.3 Å². The second kappa shape index (κ2) is 5.80. The zero-order valence-electron chi connectivity index (χ0n) is 9.89. The summed E-state index contributed by atoms with van der Waals surface area (Å²) >= 11 is 6.04. The summed E-state index contributed by atoms with van der Waals surface area (Å²) in [6.07, 6.45) is 0.805. The van der Waals surface area contributed by atoms with E-state index in [0.29, 0.717) is 28.8 Å². The zero-order chi connectivity index (χ0) is 13.0. The van der Waals surface area contributed by atoms with Crippen LogP contribution < -0.4 is 10.1 Å². The topological polar surface area (TPSA) is 54.6 Å². The number of hydrogen-bond acceptors (Lipinski definition) is 4. The standard InChI is InChI=1S/C13H14ClNO3/c1-17-9-4-5-10(14)11(7-9)15-8-12(16)13-3-2-6-18-13/h2-7,12,15-16H,8H2,1H3. The molecule has 18 heavy (non-hydrogen) atoms. The molecule has 0 amide bonds. The van der Waals surface area contributed by atoms with Crippen LogP contribution in [-0.2, 0) is 0 Å². The molecule has 1 heterocycles. The molecule has 2 N–H and O–H groups in total. The predicted octanol–water partition coefficient (Wildman–Crippen LogP) is 3.09. The summed E-state index contributed by atoms with van der Waals surface area (Å²) in [7, 11) is 1.59. The molecule has 0 fully saturated rings. The first-order valence-electron chi connectivity index (χ1n) is 5.49. The average molecular weight is 268 g/mol. The number of rotatable bonds is 5. The fraction of sp³-hybridized carbons (Fsp3) is 0.231. The van der Waals surface area contributed by atoms with Gasteiger partial charge in [-0.25, -0.2) is 0 Å². The predicted molar refractivity (Wildman–Crippen MR) is 70.2 cm³/mol. The maximum atomic E-state index is 9.86. The first-order chi connectivity index (χ1) is 8.70. The third kappa shape index (κ3) is 2.97. The number of benzene rings is 1. The van der Waals surface area contributed by atoms with Gasteiger partial charge in [0, 0.05) is 12.6 Å². The minimum Gasteiger partial charge on any atom is -0.497 e. The normalized spacial score (nSPS) is 12.2. The smallest absolute Gasteiger partial charge is 0.134 e. The quantitative estimate of drug-likeness (QED) is 0.874. The van der Waals surface area contributed by atoms with Crippen molar-refractivity contribution in [1.82, 2.24) is 0 Å². The molecule has 0 aliphatic carbocycles. The van der Waals surface area contributed by atoms with E-state index in [9.17, 15) is 5.11 Å². The summed E-state index contributed by atoms with van der Waals surface area (Å²) in [5, 5.41) is 13.5. The van der Waals surface area contributed by atoms with Crippen molar-refractivity contribution in [3.63, 3.8) is 0 Å². The van der Waals surface area contributed by atoms with Crippen LogP contribution in [0.15, 0.2) is 41.0 Å². The fourth-order valence-corrected chi connectivity index (χ4v) is 1.74. The first kappa shape index (κ1) is 12.8. The second-order valence-electron chi connectivity index (χ2n) is 3.76. The zero-order valence-corrected chi connectivity index (χ0v) is 10.6. The Morgan fingerprint density at radius 1 is 1.44 bits per heavy atom. The van der Waals surface area contributed by atoms with E-state index in [1.54, 1.807) is 37.4 Å². The summed E-state index contributed by atoms with van der Waals surface area (Å²) in [5.74, 6) is 1.22. The number of nitrogens with one attached hydrogen (secondary N) is 1. The van der Waals surface area contributed by atoms with Crippen LogP contribution in [0.3, 0.4) is 0 Å². The summed E-state index contributed by atoms with van der Waals surface area (Å²) in [5.41, 5.74) is 0.710. The summed E-state index contributed by atoms with van der Waals surface area (Å²) < 4.78 is 10.2. The van der Waals surface area contributed by atoms with Gasteiger partial charge in [0.15, 0.2) is 0 Å². The third-order valence-corrected chi connectivity index (χ3v) is 2.86. The van der Waals surface area contributed by atoms with Gasteiger partial charge < -0.3 is 19.6 Å². The van der Waals surface area contributed by atoms with Crippen LogP contribution in [-0.4, -0.2) is 18.8 Å². The Labute approximate surface area is 110 Å². The number of ether oxygens (including phenoxy) is 1. The Morgan fingerprint density at radius 2 is 2.28 bits per heavy atom. The van der Waals surface area contributed by atoms with E-state index in [-0.39, 0.29) is 0 Å². The Kier molecular flexibility index (Phi) is 4.12. The van der Waals surface area contributed by atoms with E-state index < -0.39 is 6.10 Å². The molecule has 2 aromatic rings. The van der Waals surface area contributed by atoms with Gasteiger partial charge in [0.05, 0.1) is 24.1 Å². The van der Waals surface area contributed by atoms with Gasteiger partial charge in [-0.15, -0.1) is 0 Å². The second-order valence-corrected chi connectivity index (χ2v) is 4.17. The minimum absolute atomic E-state index is 0.306. The maximum absolute atomic E-state index is 9.86. The molecule has 1 atom stereocenters. The molecular formula is C13H14ClNO3. The first-order valence-corrected chi connectivity index (χ1v) is 5.87. The average Bonchev–Trinajstić information content (AvgIpc) is 2.91. The molecule has 2 rings (SSSR count). The van der Waals surface area contributed by atoms with Crippen LogP contribution in [0.25, 0.3) is 0 Å². The van der Waals surface area contributed by atoms with E-state index in [1.165, 1.54) is 6.26 Å². The molecule has 5 heteroatoms. The molecule has 4 nitrogen and oxygen atoms in total. The number of aliphatic hydroxyl groups excluding tert-OH is 1. The molecule has 96 valence electrons. The van der Waals surface area contributed by atoms with Crippen molar-refractivity contribution in [2.24, 2.45) is 0 Å². The molecule has 0 aliphatic rings. The highest BCUT2D eigenvalue weighted by Gasteiger charge is 2.11. The van der Waals surface area contributed by atoms with E-state index in [2.05, 4.69) is 5.32 Å². The molecule has 1 aromatic carbocycles. The van der Waals surface area contributed by atoms with E-state index in [4.69, 9.17) is 20.8 Å². The largest absolute Gasteiger partial charge is 0.497 e. The SMILES string of the molecule is COc1ccc(Cl)c(NCC(O)c2ccco2)c1. The van der Waals surface area contributed by atoms with Gasteiger partial charge >= 0.3 is 0 Å². The van der Waals surface area contributed by atoms with E-state index in [0.717, 1.165) is 0 Å². The van der Waals surface area contributed by atoms with Crippen molar-refractivity contribution in [3.05, 3.63) is 47.4 Å². The van der Waals surface area contributed by atoms with Gasteiger partial charge in [-0.3, -0.25) is 0 Å². The van der Waals surface area contributed by atoms with E-state index >= 15 is 0 Å². The molecule has 0 aliphatic heterocycles. The van der Waals surface area contributed by atoms with Gasteiger partial charge in [-0.05, 0) is 24.3 Å². The molecule has 1 aromatic heterocycles. The molecule has 0 saturated heterocycles. The Morgan fingerprint density at radius 3 is 2.94 bits per heavy atom. The van der Waals surface area contributed by atoms with Crippen molar-refractivity contribution in [2.75, 3.05) is 19.0 Å². The summed E-state index contributed by atoms with van der Waals surface area (Å²) in [6, 6.07) is 8.74. The number of aliphatic hydroxyl groups is 1. The maximum Gasteiger partial charge on any atom is 0.134 e. The van der Waals surface area contributed by atoms with Crippen molar-refractivity contribution in [3.8, 4) is 5.75 Å².